The van der Waals surface area contributed by atoms with Gasteiger partial charge in [0.05, 0.1) is 19.3 Å². The van der Waals surface area contributed by atoms with E-state index >= 15 is 0 Å². The molecule has 1 rings (SSSR count). The average molecular weight is 201 g/mol. The van der Waals surface area contributed by atoms with Gasteiger partial charge in [-0.2, -0.15) is 4.98 Å². The fraction of sp³-hybridized carbons (Fsp3) is 0.750. The summed E-state index contributed by atoms with van der Waals surface area (Å²) in [5.41, 5.74) is 0. The van der Waals surface area contributed by atoms with Crippen LogP contribution in [0, 0.1) is 0 Å². The van der Waals surface area contributed by atoms with Gasteiger partial charge in [-0.15, -0.1) is 0 Å². The quantitative estimate of drug-likeness (QED) is 0.622. The van der Waals surface area contributed by atoms with E-state index in [0.717, 1.165) is 0 Å². The van der Waals surface area contributed by atoms with E-state index in [-0.39, 0.29) is 0 Å². The van der Waals surface area contributed by atoms with Gasteiger partial charge in [0.2, 0.25) is 6.39 Å². The smallest absolute Gasteiger partial charge is 0.213 e. The molecule has 1 aromatic rings. The molecular weight excluding hydrogens is 186 g/mol. The van der Waals surface area contributed by atoms with Crippen molar-refractivity contribution in [1.82, 2.24) is 15.5 Å². The van der Waals surface area contributed by atoms with E-state index in [4.69, 9.17) is 4.74 Å². The predicted molar refractivity (Wildman–Crippen MR) is 48.5 cm³/mol. The summed E-state index contributed by atoms with van der Waals surface area (Å²) in [6.07, 6.45) is 0.773. The lowest BCUT2D eigenvalue weighted by Crippen LogP contribution is -2.30. The van der Waals surface area contributed by atoms with Gasteiger partial charge < -0.3 is 19.7 Å². The van der Waals surface area contributed by atoms with Gasteiger partial charge in [-0.25, -0.2) is 0 Å². The lowest BCUT2D eigenvalue weighted by atomic mass is 10.4. The molecule has 6 nitrogen and oxygen atoms in total. The minimum atomic E-state index is -0.498. The summed E-state index contributed by atoms with van der Waals surface area (Å²) in [5.74, 6) is 0.577. The van der Waals surface area contributed by atoms with Crippen molar-refractivity contribution in [2.45, 2.75) is 19.6 Å². The summed E-state index contributed by atoms with van der Waals surface area (Å²) >= 11 is 0. The first kappa shape index (κ1) is 11.1. The van der Waals surface area contributed by atoms with Gasteiger partial charge in [0.25, 0.3) is 0 Å². The van der Waals surface area contributed by atoms with Crippen molar-refractivity contribution in [1.29, 1.82) is 0 Å². The molecule has 0 aliphatic rings. The van der Waals surface area contributed by atoms with Gasteiger partial charge in [0.15, 0.2) is 5.82 Å². The summed E-state index contributed by atoms with van der Waals surface area (Å²) < 4.78 is 9.59. The highest BCUT2D eigenvalue weighted by atomic mass is 16.5. The third-order valence-electron chi connectivity index (χ3n) is 1.58. The van der Waals surface area contributed by atoms with E-state index in [2.05, 4.69) is 20.0 Å². The maximum Gasteiger partial charge on any atom is 0.213 e. The van der Waals surface area contributed by atoms with Crippen LogP contribution in [0.5, 0.6) is 0 Å². The van der Waals surface area contributed by atoms with E-state index in [0.29, 0.717) is 32.1 Å². The Bertz CT molecular complexity index is 228. The third-order valence-corrected chi connectivity index (χ3v) is 1.58. The van der Waals surface area contributed by atoms with Crippen LogP contribution in [0.1, 0.15) is 12.7 Å². The van der Waals surface area contributed by atoms with Crippen molar-refractivity contribution in [3.63, 3.8) is 0 Å². The lowest BCUT2D eigenvalue weighted by Gasteiger charge is -2.10. The summed E-state index contributed by atoms with van der Waals surface area (Å²) in [5, 5.41) is 16.0. The molecule has 14 heavy (non-hydrogen) atoms. The topological polar surface area (TPSA) is 80.4 Å². The van der Waals surface area contributed by atoms with Crippen LogP contribution in [0.2, 0.25) is 0 Å². The average Bonchev–Trinajstić information content (AvgIpc) is 2.67. The molecule has 0 spiro atoms. The number of rotatable bonds is 7. The molecule has 1 unspecified atom stereocenters. The van der Waals surface area contributed by atoms with Crippen molar-refractivity contribution in [2.75, 3.05) is 19.8 Å². The number of hydrogen-bond acceptors (Lipinski definition) is 6. The molecular formula is C8H15N3O3. The Hall–Kier alpha value is -0.980. The van der Waals surface area contributed by atoms with Crippen LogP contribution in [-0.2, 0) is 11.3 Å². The Balaban J connectivity index is 2.03. The zero-order chi connectivity index (χ0) is 10.2. The minimum absolute atomic E-state index is 0.343. The molecule has 1 aromatic heterocycles. The third kappa shape index (κ3) is 4.31. The number of aliphatic hydroxyl groups is 1. The van der Waals surface area contributed by atoms with Crippen molar-refractivity contribution >= 4 is 0 Å². The number of aromatic nitrogens is 2. The maximum absolute atomic E-state index is 9.36. The van der Waals surface area contributed by atoms with Gasteiger partial charge >= 0.3 is 0 Å². The van der Waals surface area contributed by atoms with Crippen LogP contribution in [0.4, 0.5) is 0 Å². The number of aliphatic hydroxyl groups excluding tert-OH is 1. The molecule has 6 heteroatoms. The Morgan fingerprint density at radius 3 is 3.21 bits per heavy atom. The van der Waals surface area contributed by atoms with Crippen molar-refractivity contribution in [3.05, 3.63) is 12.2 Å². The largest absolute Gasteiger partial charge is 0.389 e. The second kappa shape index (κ2) is 6.47. The monoisotopic (exact) mass is 201 g/mol. The van der Waals surface area contributed by atoms with Crippen molar-refractivity contribution in [3.8, 4) is 0 Å². The molecule has 0 bridgehead atoms. The first-order chi connectivity index (χ1) is 6.83. The van der Waals surface area contributed by atoms with E-state index in [1.807, 2.05) is 6.92 Å². The number of nitrogens with one attached hydrogen (secondary N) is 1. The summed E-state index contributed by atoms with van der Waals surface area (Å²) in [7, 11) is 0. The Morgan fingerprint density at radius 2 is 2.57 bits per heavy atom. The molecule has 0 saturated carbocycles. The summed E-state index contributed by atoms with van der Waals surface area (Å²) in [6, 6.07) is 0. The first-order valence-electron chi connectivity index (χ1n) is 4.54. The molecule has 0 radical (unpaired) electrons. The second-order valence-corrected chi connectivity index (χ2v) is 2.79. The Morgan fingerprint density at radius 1 is 1.71 bits per heavy atom. The maximum atomic E-state index is 9.36. The van der Waals surface area contributed by atoms with Crippen molar-refractivity contribution in [2.24, 2.45) is 0 Å². The van der Waals surface area contributed by atoms with E-state index in [1.54, 1.807) is 0 Å². The molecule has 0 saturated heterocycles. The van der Waals surface area contributed by atoms with E-state index in [1.165, 1.54) is 6.39 Å². The van der Waals surface area contributed by atoms with Crippen LogP contribution in [0.25, 0.3) is 0 Å². The highest BCUT2D eigenvalue weighted by Gasteiger charge is 2.04. The molecule has 0 amide bonds. The Kier molecular flexibility index (Phi) is 5.13. The summed E-state index contributed by atoms with van der Waals surface area (Å²) in [6.45, 7) is 3.78. The molecule has 80 valence electrons. The van der Waals surface area contributed by atoms with Crippen LogP contribution in [-0.4, -0.2) is 41.1 Å². The molecule has 1 atom stereocenters. The predicted octanol–water partition coefficient (Wildman–Crippen LogP) is -0.443. The van der Waals surface area contributed by atoms with Crippen LogP contribution in [0.15, 0.2) is 10.9 Å². The normalized spacial score (nSPS) is 13.0. The SMILES string of the molecule is CCOCC(O)CNCc1ncon1. The highest BCUT2D eigenvalue weighted by Crippen LogP contribution is 1.88. The second-order valence-electron chi connectivity index (χ2n) is 2.79. The molecule has 0 fully saturated rings. The molecule has 1 heterocycles. The molecule has 0 aliphatic carbocycles. The summed E-state index contributed by atoms with van der Waals surface area (Å²) in [4.78, 5) is 3.82. The number of hydrogen-bond donors (Lipinski definition) is 2. The van der Waals surface area contributed by atoms with Gasteiger partial charge in [-0.05, 0) is 6.92 Å². The van der Waals surface area contributed by atoms with E-state index in [9.17, 15) is 5.11 Å². The van der Waals surface area contributed by atoms with Gasteiger partial charge in [0.1, 0.15) is 0 Å². The zero-order valence-corrected chi connectivity index (χ0v) is 8.14. The fourth-order valence-electron chi connectivity index (χ4n) is 0.934. The molecule has 0 aliphatic heterocycles. The van der Waals surface area contributed by atoms with Crippen LogP contribution >= 0.6 is 0 Å². The van der Waals surface area contributed by atoms with Gasteiger partial charge in [-0.3, -0.25) is 0 Å². The first-order valence-corrected chi connectivity index (χ1v) is 4.54. The lowest BCUT2D eigenvalue weighted by molar-refractivity contribution is 0.0426. The fourth-order valence-corrected chi connectivity index (χ4v) is 0.934. The van der Waals surface area contributed by atoms with Crippen molar-refractivity contribution < 1.29 is 14.4 Å². The standard InChI is InChI=1S/C8H15N3O3/c1-2-13-5-7(12)3-9-4-8-10-6-14-11-8/h6-7,9,12H,2-5H2,1H3. The van der Waals surface area contributed by atoms with Gasteiger partial charge in [-0.1, -0.05) is 5.16 Å². The minimum Gasteiger partial charge on any atom is -0.389 e. The Labute approximate surface area is 82.3 Å². The zero-order valence-electron chi connectivity index (χ0n) is 8.14. The molecule has 0 aromatic carbocycles. The number of nitrogens with zero attached hydrogens (tertiary/aromatic N) is 2. The number of ether oxygens (including phenoxy) is 1. The van der Waals surface area contributed by atoms with Crippen LogP contribution < -0.4 is 5.32 Å². The van der Waals surface area contributed by atoms with Crippen LogP contribution in [0.3, 0.4) is 0 Å². The molecule has 2 N–H and O–H groups in total. The highest BCUT2D eigenvalue weighted by molar-refractivity contribution is 4.76. The van der Waals surface area contributed by atoms with E-state index < -0.39 is 6.10 Å². The van der Waals surface area contributed by atoms with Gasteiger partial charge in [0, 0.05) is 13.2 Å².